The van der Waals surface area contributed by atoms with Crippen LogP contribution in [0.2, 0.25) is 0 Å². The van der Waals surface area contributed by atoms with Crippen LogP contribution in [-0.2, 0) is 4.79 Å². The van der Waals surface area contributed by atoms with Crippen molar-refractivity contribution in [3.05, 3.63) is 34.3 Å². The Morgan fingerprint density at radius 3 is 2.95 bits per heavy atom. The number of amides is 1. The van der Waals surface area contributed by atoms with Crippen molar-refractivity contribution >= 4 is 21.8 Å². The van der Waals surface area contributed by atoms with E-state index in [1.54, 1.807) is 0 Å². The highest BCUT2D eigenvalue weighted by atomic mass is 79.9. The van der Waals surface area contributed by atoms with Crippen molar-refractivity contribution in [2.24, 2.45) is 5.73 Å². The maximum atomic E-state index is 11.6. The lowest BCUT2D eigenvalue weighted by atomic mass is 9.96. The van der Waals surface area contributed by atoms with Gasteiger partial charge in [0.05, 0.1) is 12.6 Å². The Balaban J connectivity index is 2.27. The lowest BCUT2D eigenvalue weighted by Gasteiger charge is -2.37. The molecule has 0 aliphatic carbocycles. The van der Waals surface area contributed by atoms with Crippen LogP contribution in [0.15, 0.2) is 28.7 Å². The lowest BCUT2D eigenvalue weighted by Crippen LogP contribution is -2.52. The second-order valence-corrected chi connectivity index (χ2v) is 5.81. The molecule has 1 aromatic rings. The van der Waals surface area contributed by atoms with Gasteiger partial charge in [-0.25, -0.2) is 0 Å². The minimum absolute atomic E-state index is 0.0280. The number of halogens is 1. The monoisotopic (exact) mass is 325 g/mol. The first-order valence-electron chi connectivity index (χ1n) is 6.63. The Labute approximate surface area is 122 Å². The summed E-state index contributed by atoms with van der Waals surface area (Å²) >= 11 is 3.50. The summed E-state index contributed by atoms with van der Waals surface area (Å²) in [7, 11) is 0. The van der Waals surface area contributed by atoms with E-state index in [0.29, 0.717) is 13.1 Å². The Morgan fingerprint density at radius 2 is 2.32 bits per heavy atom. The largest absolute Gasteiger partial charge is 0.354 e. The molecular weight excluding hydrogens is 306 g/mol. The minimum atomic E-state index is 0.0280. The summed E-state index contributed by atoms with van der Waals surface area (Å²) in [6.45, 7) is 4.04. The van der Waals surface area contributed by atoms with Gasteiger partial charge in [0, 0.05) is 23.6 Å². The number of rotatable bonds is 4. The van der Waals surface area contributed by atoms with Gasteiger partial charge in [0.25, 0.3) is 0 Å². The fourth-order valence-electron chi connectivity index (χ4n) is 2.54. The smallest absolute Gasteiger partial charge is 0.234 e. The highest BCUT2D eigenvalue weighted by Crippen LogP contribution is 2.27. The van der Waals surface area contributed by atoms with Gasteiger partial charge >= 0.3 is 0 Å². The zero-order valence-corrected chi connectivity index (χ0v) is 12.7. The predicted molar refractivity (Wildman–Crippen MR) is 79.7 cm³/mol. The fraction of sp³-hybridized carbons (Fsp3) is 0.500. The van der Waals surface area contributed by atoms with Gasteiger partial charge in [-0.2, -0.15) is 0 Å². The maximum absolute atomic E-state index is 11.6. The molecule has 104 valence electrons. The molecule has 2 unspecified atom stereocenters. The van der Waals surface area contributed by atoms with Crippen LogP contribution < -0.4 is 11.1 Å². The number of nitrogens with two attached hydrogens (primary N) is 1. The quantitative estimate of drug-likeness (QED) is 0.885. The topological polar surface area (TPSA) is 58.4 Å². The molecule has 1 amide bonds. The predicted octanol–water partition coefficient (Wildman–Crippen LogP) is 1.66. The first kappa shape index (κ1) is 14.5. The fourth-order valence-corrected chi connectivity index (χ4v) is 2.96. The molecule has 1 fully saturated rings. The van der Waals surface area contributed by atoms with Crippen LogP contribution in [0.25, 0.3) is 0 Å². The molecule has 0 radical (unpaired) electrons. The van der Waals surface area contributed by atoms with Crippen molar-refractivity contribution in [2.45, 2.75) is 25.4 Å². The van der Waals surface area contributed by atoms with E-state index in [9.17, 15) is 4.79 Å². The van der Waals surface area contributed by atoms with E-state index in [-0.39, 0.29) is 18.0 Å². The Morgan fingerprint density at radius 1 is 1.53 bits per heavy atom. The number of hydrogen-bond donors (Lipinski definition) is 2. The van der Waals surface area contributed by atoms with Gasteiger partial charge in [-0.15, -0.1) is 0 Å². The van der Waals surface area contributed by atoms with Gasteiger partial charge in [0.2, 0.25) is 5.91 Å². The van der Waals surface area contributed by atoms with Crippen LogP contribution in [0.1, 0.15) is 24.9 Å². The summed E-state index contributed by atoms with van der Waals surface area (Å²) in [5, 5.41) is 2.86. The van der Waals surface area contributed by atoms with E-state index in [2.05, 4.69) is 45.2 Å². The molecule has 2 atom stereocenters. The SMILES string of the molecule is CCC(N)C(c1cccc(Br)c1)N1CCNC(=O)C1. The van der Waals surface area contributed by atoms with E-state index in [1.807, 2.05) is 12.1 Å². The van der Waals surface area contributed by atoms with Gasteiger partial charge in [-0.3, -0.25) is 9.69 Å². The third-order valence-corrected chi connectivity index (χ3v) is 4.02. The third kappa shape index (κ3) is 3.55. The van der Waals surface area contributed by atoms with Crippen molar-refractivity contribution in [1.29, 1.82) is 0 Å². The molecule has 1 aliphatic heterocycles. The summed E-state index contributed by atoms with van der Waals surface area (Å²) in [6, 6.07) is 8.30. The van der Waals surface area contributed by atoms with E-state index in [0.717, 1.165) is 17.4 Å². The number of carbonyl (C=O) groups is 1. The van der Waals surface area contributed by atoms with E-state index >= 15 is 0 Å². The average Bonchev–Trinajstić information content (AvgIpc) is 2.39. The van der Waals surface area contributed by atoms with Crippen LogP contribution in [0.3, 0.4) is 0 Å². The summed E-state index contributed by atoms with van der Waals surface area (Å²) in [5.41, 5.74) is 7.45. The van der Waals surface area contributed by atoms with Crippen LogP contribution in [0, 0.1) is 0 Å². The Kier molecular flexibility index (Phi) is 4.96. The summed E-state index contributed by atoms with van der Waals surface area (Å²) < 4.78 is 1.04. The number of nitrogens with one attached hydrogen (secondary N) is 1. The van der Waals surface area contributed by atoms with Crippen molar-refractivity contribution < 1.29 is 4.79 Å². The number of piperazine rings is 1. The molecule has 0 aromatic heterocycles. The maximum Gasteiger partial charge on any atom is 0.234 e. The van der Waals surface area contributed by atoms with Crippen molar-refractivity contribution in [2.75, 3.05) is 19.6 Å². The molecule has 0 bridgehead atoms. The molecule has 4 nitrogen and oxygen atoms in total. The van der Waals surface area contributed by atoms with Gasteiger partial charge in [-0.05, 0) is 24.1 Å². The molecule has 1 aliphatic rings. The highest BCUT2D eigenvalue weighted by molar-refractivity contribution is 9.10. The molecule has 0 saturated carbocycles. The second-order valence-electron chi connectivity index (χ2n) is 4.89. The van der Waals surface area contributed by atoms with E-state index in [4.69, 9.17) is 5.73 Å². The van der Waals surface area contributed by atoms with Gasteiger partial charge in [0.1, 0.15) is 0 Å². The molecular formula is C14H20BrN3O. The molecule has 1 aromatic carbocycles. The summed E-state index contributed by atoms with van der Waals surface area (Å²) in [4.78, 5) is 13.8. The Bertz CT molecular complexity index is 452. The lowest BCUT2D eigenvalue weighted by molar-refractivity contribution is -0.125. The molecule has 2 rings (SSSR count). The zero-order valence-electron chi connectivity index (χ0n) is 11.1. The second kappa shape index (κ2) is 6.50. The third-order valence-electron chi connectivity index (χ3n) is 3.53. The molecule has 3 N–H and O–H groups in total. The normalized spacial score (nSPS) is 19.8. The highest BCUT2D eigenvalue weighted by Gasteiger charge is 2.29. The molecule has 0 spiro atoms. The first-order chi connectivity index (χ1) is 9.11. The number of benzene rings is 1. The van der Waals surface area contributed by atoms with Crippen LogP contribution >= 0.6 is 15.9 Å². The average molecular weight is 326 g/mol. The van der Waals surface area contributed by atoms with Gasteiger partial charge in [0.15, 0.2) is 0 Å². The van der Waals surface area contributed by atoms with Crippen LogP contribution in [0.5, 0.6) is 0 Å². The molecule has 1 heterocycles. The van der Waals surface area contributed by atoms with Crippen molar-refractivity contribution in [3.63, 3.8) is 0 Å². The number of carbonyl (C=O) groups excluding carboxylic acids is 1. The summed E-state index contributed by atoms with van der Waals surface area (Å²) in [6.07, 6.45) is 0.884. The van der Waals surface area contributed by atoms with Gasteiger partial charge < -0.3 is 11.1 Å². The van der Waals surface area contributed by atoms with Crippen LogP contribution in [0.4, 0.5) is 0 Å². The summed E-state index contributed by atoms with van der Waals surface area (Å²) in [5.74, 6) is 0.0783. The number of hydrogen-bond acceptors (Lipinski definition) is 3. The van der Waals surface area contributed by atoms with E-state index < -0.39 is 0 Å². The Hall–Kier alpha value is -0.910. The van der Waals surface area contributed by atoms with Gasteiger partial charge in [-0.1, -0.05) is 35.0 Å². The standard InChI is InChI=1S/C14H20BrN3O/c1-2-12(16)14(10-4-3-5-11(15)8-10)18-7-6-17-13(19)9-18/h3-5,8,12,14H,2,6-7,9,16H2,1H3,(H,17,19). The molecule has 1 saturated heterocycles. The zero-order chi connectivity index (χ0) is 13.8. The van der Waals surface area contributed by atoms with Crippen molar-refractivity contribution in [3.8, 4) is 0 Å². The first-order valence-corrected chi connectivity index (χ1v) is 7.43. The van der Waals surface area contributed by atoms with Crippen LogP contribution in [-0.4, -0.2) is 36.5 Å². The number of nitrogens with zero attached hydrogens (tertiary/aromatic N) is 1. The van der Waals surface area contributed by atoms with Crippen molar-refractivity contribution in [1.82, 2.24) is 10.2 Å². The van der Waals surface area contributed by atoms with E-state index in [1.165, 1.54) is 5.56 Å². The molecule has 5 heteroatoms. The minimum Gasteiger partial charge on any atom is -0.354 e. The molecule has 19 heavy (non-hydrogen) atoms.